The molecule has 1 aromatic heterocycles. The maximum atomic E-state index is 12.0. The minimum atomic E-state index is -0.506. The third kappa shape index (κ3) is 4.60. The molecule has 0 atom stereocenters. The molecule has 0 saturated carbocycles. The molecule has 0 aliphatic heterocycles. The molecule has 1 amide bonds. The standard InChI is InChI=1S/C20H14Cl2N2O4/c1-27-20(26)16-8-6-14(22)10-17(16)18-9-7-15(28-18)11-23-24-19(25)12-2-4-13(21)5-3-12/h2-11H,1H3,(H,24,25)/b23-11-. The zero-order valence-corrected chi connectivity index (χ0v) is 16.1. The molecule has 3 aromatic rings. The van der Waals surface area contributed by atoms with Crippen LogP contribution in [-0.4, -0.2) is 25.2 Å². The van der Waals surface area contributed by atoms with Crippen LogP contribution in [0.3, 0.4) is 0 Å². The molecule has 0 radical (unpaired) electrons. The van der Waals surface area contributed by atoms with Crippen molar-refractivity contribution < 1.29 is 18.7 Å². The molecule has 0 unspecified atom stereocenters. The van der Waals surface area contributed by atoms with Gasteiger partial charge in [-0.1, -0.05) is 23.2 Å². The largest absolute Gasteiger partial charge is 0.465 e. The first-order valence-corrected chi connectivity index (χ1v) is 8.80. The molecule has 1 heterocycles. The Kier molecular flexibility index (Phi) is 6.13. The van der Waals surface area contributed by atoms with Crippen molar-refractivity contribution in [2.45, 2.75) is 0 Å². The van der Waals surface area contributed by atoms with E-state index in [1.54, 1.807) is 54.6 Å². The van der Waals surface area contributed by atoms with Crippen molar-refractivity contribution in [2.75, 3.05) is 7.11 Å². The fraction of sp³-hybridized carbons (Fsp3) is 0.0500. The number of halogens is 2. The predicted molar refractivity (Wildman–Crippen MR) is 107 cm³/mol. The maximum absolute atomic E-state index is 12.0. The van der Waals surface area contributed by atoms with Crippen LogP contribution in [0.1, 0.15) is 26.5 Å². The van der Waals surface area contributed by atoms with Gasteiger partial charge in [0.15, 0.2) is 0 Å². The lowest BCUT2D eigenvalue weighted by atomic mass is 10.1. The minimum Gasteiger partial charge on any atom is -0.465 e. The van der Waals surface area contributed by atoms with Gasteiger partial charge in [0.05, 0.1) is 18.9 Å². The average molecular weight is 417 g/mol. The first-order chi connectivity index (χ1) is 13.5. The highest BCUT2D eigenvalue weighted by Crippen LogP contribution is 2.29. The van der Waals surface area contributed by atoms with Crippen LogP contribution in [0, 0.1) is 0 Å². The summed E-state index contributed by atoms with van der Waals surface area (Å²) in [5, 5.41) is 4.86. The predicted octanol–water partition coefficient (Wildman–Crippen LogP) is 4.80. The monoisotopic (exact) mass is 416 g/mol. The van der Waals surface area contributed by atoms with E-state index in [9.17, 15) is 9.59 Å². The zero-order chi connectivity index (χ0) is 20.1. The summed E-state index contributed by atoms with van der Waals surface area (Å²) in [6, 6.07) is 14.5. The Hall–Kier alpha value is -3.09. The maximum Gasteiger partial charge on any atom is 0.338 e. The van der Waals surface area contributed by atoms with Gasteiger partial charge in [0.2, 0.25) is 0 Å². The fourth-order valence-corrected chi connectivity index (χ4v) is 2.69. The van der Waals surface area contributed by atoms with Crippen LogP contribution < -0.4 is 5.43 Å². The van der Waals surface area contributed by atoms with E-state index in [1.807, 2.05) is 0 Å². The van der Waals surface area contributed by atoms with Crippen LogP contribution >= 0.6 is 23.2 Å². The molecule has 6 nitrogen and oxygen atoms in total. The topological polar surface area (TPSA) is 80.9 Å². The molecule has 0 fully saturated rings. The number of nitrogens with zero attached hydrogens (tertiary/aromatic N) is 1. The van der Waals surface area contributed by atoms with Gasteiger partial charge >= 0.3 is 5.97 Å². The zero-order valence-electron chi connectivity index (χ0n) is 14.6. The van der Waals surface area contributed by atoms with Gasteiger partial charge < -0.3 is 9.15 Å². The van der Waals surface area contributed by atoms with Crippen molar-refractivity contribution >= 4 is 41.3 Å². The SMILES string of the molecule is COC(=O)c1ccc(Cl)cc1-c1ccc(/C=N\NC(=O)c2ccc(Cl)cc2)o1. The number of nitrogens with one attached hydrogen (secondary N) is 1. The lowest BCUT2D eigenvalue weighted by Crippen LogP contribution is -2.17. The van der Waals surface area contributed by atoms with E-state index in [4.69, 9.17) is 32.4 Å². The van der Waals surface area contributed by atoms with Gasteiger partial charge in [-0.2, -0.15) is 5.10 Å². The number of hydrazone groups is 1. The van der Waals surface area contributed by atoms with E-state index in [0.29, 0.717) is 38.3 Å². The van der Waals surface area contributed by atoms with E-state index in [2.05, 4.69) is 10.5 Å². The molecule has 142 valence electrons. The summed E-state index contributed by atoms with van der Waals surface area (Å²) in [4.78, 5) is 23.9. The second-order valence-electron chi connectivity index (χ2n) is 5.59. The van der Waals surface area contributed by atoms with Crippen molar-refractivity contribution in [3.63, 3.8) is 0 Å². The third-order valence-electron chi connectivity index (χ3n) is 3.74. The molecule has 1 N–H and O–H groups in total. The number of esters is 1. The molecule has 3 rings (SSSR count). The van der Waals surface area contributed by atoms with Crippen molar-refractivity contribution in [3.8, 4) is 11.3 Å². The number of carbonyl (C=O) groups is 2. The summed E-state index contributed by atoms with van der Waals surface area (Å²) in [5.41, 5.74) is 3.63. The molecule has 0 saturated heterocycles. The second-order valence-corrected chi connectivity index (χ2v) is 6.46. The number of benzene rings is 2. The Morgan fingerprint density at radius 1 is 1.04 bits per heavy atom. The third-order valence-corrected chi connectivity index (χ3v) is 4.23. The van der Waals surface area contributed by atoms with Gasteiger partial charge in [-0.15, -0.1) is 0 Å². The number of hydrogen-bond donors (Lipinski definition) is 1. The quantitative estimate of drug-likeness (QED) is 0.367. The molecule has 0 bridgehead atoms. The van der Waals surface area contributed by atoms with Crippen molar-refractivity contribution in [1.82, 2.24) is 5.43 Å². The highest BCUT2D eigenvalue weighted by molar-refractivity contribution is 6.31. The first-order valence-electron chi connectivity index (χ1n) is 8.05. The molecule has 0 aliphatic carbocycles. The second kappa shape index (κ2) is 8.73. The highest BCUT2D eigenvalue weighted by atomic mass is 35.5. The number of carbonyl (C=O) groups excluding carboxylic acids is 2. The van der Waals surface area contributed by atoms with Gasteiger partial charge in [0, 0.05) is 21.2 Å². The summed E-state index contributed by atoms with van der Waals surface area (Å²) < 4.78 is 10.5. The Labute approximate surface area is 170 Å². The number of amides is 1. The Morgan fingerprint density at radius 2 is 1.75 bits per heavy atom. The summed E-state index contributed by atoms with van der Waals surface area (Å²) in [6.07, 6.45) is 1.35. The van der Waals surface area contributed by atoms with E-state index in [0.717, 1.165) is 0 Å². The lowest BCUT2D eigenvalue weighted by Gasteiger charge is -2.06. The van der Waals surface area contributed by atoms with E-state index < -0.39 is 5.97 Å². The number of methoxy groups -OCH3 is 1. The smallest absolute Gasteiger partial charge is 0.338 e. The number of ether oxygens (including phenoxy) is 1. The van der Waals surface area contributed by atoms with Crippen molar-refractivity contribution in [2.24, 2.45) is 5.10 Å². The van der Waals surface area contributed by atoms with Gasteiger partial charge in [-0.3, -0.25) is 4.79 Å². The van der Waals surface area contributed by atoms with Crippen molar-refractivity contribution in [3.05, 3.63) is 81.5 Å². The van der Waals surface area contributed by atoms with Crippen LogP contribution in [0.25, 0.3) is 11.3 Å². The van der Waals surface area contributed by atoms with Crippen molar-refractivity contribution in [1.29, 1.82) is 0 Å². The Bertz CT molecular complexity index is 1040. The average Bonchev–Trinajstić information content (AvgIpc) is 3.16. The lowest BCUT2D eigenvalue weighted by molar-refractivity contribution is 0.0601. The van der Waals surface area contributed by atoms with Gasteiger partial charge in [0.1, 0.15) is 11.5 Å². The highest BCUT2D eigenvalue weighted by Gasteiger charge is 2.16. The van der Waals surface area contributed by atoms with Crippen LogP contribution in [0.5, 0.6) is 0 Å². The Morgan fingerprint density at radius 3 is 2.46 bits per heavy atom. The van der Waals surface area contributed by atoms with E-state index in [1.165, 1.54) is 13.3 Å². The van der Waals surface area contributed by atoms with Crippen LogP contribution in [-0.2, 0) is 4.74 Å². The first kappa shape index (κ1) is 19.7. The van der Waals surface area contributed by atoms with E-state index in [-0.39, 0.29) is 5.91 Å². The summed E-state index contributed by atoms with van der Waals surface area (Å²) in [6.45, 7) is 0. The van der Waals surface area contributed by atoms with Gasteiger partial charge in [-0.05, 0) is 54.6 Å². The molecular weight excluding hydrogens is 403 g/mol. The van der Waals surface area contributed by atoms with Gasteiger partial charge in [-0.25, -0.2) is 10.2 Å². The van der Waals surface area contributed by atoms with Crippen LogP contribution in [0.2, 0.25) is 10.0 Å². The van der Waals surface area contributed by atoms with Crippen LogP contribution in [0.4, 0.5) is 0 Å². The fourth-order valence-electron chi connectivity index (χ4n) is 2.40. The molecular formula is C20H14Cl2N2O4. The number of hydrogen-bond acceptors (Lipinski definition) is 5. The number of furan rings is 1. The summed E-state index contributed by atoms with van der Waals surface area (Å²) in [7, 11) is 1.30. The minimum absolute atomic E-state index is 0.320. The van der Waals surface area contributed by atoms with E-state index >= 15 is 0 Å². The summed E-state index contributed by atoms with van der Waals surface area (Å²) in [5.74, 6) is -0.105. The van der Waals surface area contributed by atoms with Gasteiger partial charge in [0.25, 0.3) is 5.91 Å². The molecule has 8 heteroatoms. The number of rotatable bonds is 5. The summed E-state index contributed by atoms with van der Waals surface area (Å²) >= 11 is 11.8. The molecule has 0 aliphatic rings. The molecule has 2 aromatic carbocycles. The van der Waals surface area contributed by atoms with Crippen LogP contribution in [0.15, 0.2) is 64.1 Å². The Balaban J connectivity index is 1.75. The normalized spacial score (nSPS) is 10.8. The molecule has 28 heavy (non-hydrogen) atoms. The molecule has 0 spiro atoms.